The van der Waals surface area contributed by atoms with E-state index in [0.29, 0.717) is 11.7 Å². The highest BCUT2D eigenvalue weighted by molar-refractivity contribution is 5.69. The van der Waals surface area contributed by atoms with Crippen LogP contribution in [-0.2, 0) is 17.8 Å². The van der Waals surface area contributed by atoms with Gasteiger partial charge in [0.25, 0.3) is 5.56 Å². The van der Waals surface area contributed by atoms with Crippen LogP contribution < -0.4 is 10.3 Å². The van der Waals surface area contributed by atoms with Crippen LogP contribution in [0.2, 0.25) is 0 Å². The van der Waals surface area contributed by atoms with Crippen molar-refractivity contribution in [2.24, 2.45) is 0 Å². The van der Waals surface area contributed by atoms with Gasteiger partial charge in [-0.2, -0.15) is 0 Å². The molecule has 1 aromatic carbocycles. The summed E-state index contributed by atoms with van der Waals surface area (Å²) in [6.45, 7) is 4.26. The third-order valence-electron chi connectivity index (χ3n) is 3.17. The third kappa shape index (κ3) is 3.94. The van der Waals surface area contributed by atoms with Gasteiger partial charge >= 0.3 is 5.97 Å². The highest BCUT2D eigenvalue weighted by Crippen LogP contribution is 2.26. The van der Waals surface area contributed by atoms with Crippen molar-refractivity contribution in [3.63, 3.8) is 0 Å². The molecular weight excluding hydrogens is 284 g/mol. The molecule has 0 saturated carbocycles. The number of benzene rings is 1. The van der Waals surface area contributed by atoms with Crippen LogP contribution in [0.25, 0.3) is 0 Å². The second kappa shape index (κ2) is 6.89. The SMILES string of the molecule is CC(C)c1ccccc1OCc1ncc(CC(=O)O)c(=O)[nH]1. The Morgan fingerprint density at radius 1 is 1.36 bits per heavy atom. The van der Waals surface area contributed by atoms with Gasteiger partial charge in [-0.25, -0.2) is 4.98 Å². The number of H-pyrrole nitrogens is 1. The van der Waals surface area contributed by atoms with Crippen molar-refractivity contribution in [3.8, 4) is 5.75 Å². The molecule has 6 heteroatoms. The molecule has 2 aromatic rings. The second-order valence-corrected chi connectivity index (χ2v) is 5.24. The summed E-state index contributed by atoms with van der Waals surface area (Å²) in [6.07, 6.45) is 0.930. The van der Waals surface area contributed by atoms with Crippen molar-refractivity contribution in [2.75, 3.05) is 0 Å². The summed E-state index contributed by atoms with van der Waals surface area (Å²) in [6, 6.07) is 7.69. The van der Waals surface area contributed by atoms with Gasteiger partial charge in [0.15, 0.2) is 0 Å². The molecule has 116 valence electrons. The Morgan fingerprint density at radius 2 is 2.09 bits per heavy atom. The fourth-order valence-electron chi connectivity index (χ4n) is 2.06. The number of nitrogens with one attached hydrogen (secondary N) is 1. The van der Waals surface area contributed by atoms with Crippen LogP contribution >= 0.6 is 0 Å². The zero-order valence-corrected chi connectivity index (χ0v) is 12.5. The summed E-state index contributed by atoms with van der Waals surface area (Å²) in [5, 5.41) is 8.69. The van der Waals surface area contributed by atoms with Crippen LogP contribution in [-0.4, -0.2) is 21.0 Å². The lowest BCUT2D eigenvalue weighted by molar-refractivity contribution is -0.136. The number of hydrogen-bond acceptors (Lipinski definition) is 4. The van der Waals surface area contributed by atoms with E-state index in [4.69, 9.17) is 9.84 Å². The monoisotopic (exact) mass is 302 g/mol. The quantitative estimate of drug-likeness (QED) is 0.852. The summed E-state index contributed by atoms with van der Waals surface area (Å²) < 4.78 is 5.71. The van der Waals surface area contributed by atoms with E-state index in [2.05, 4.69) is 23.8 Å². The summed E-state index contributed by atoms with van der Waals surface area (Å²) in [4.78, 5) is 28.9. The summed E-state index contributed by atoms with van der Waals surface area (Å²) in [7, 11) is 0. The fourth-order valence-corrected chi connectivity index (χ4v) is 2.06. The van der Waals surface area contributed by atoms with Crippen LogP contribution in [0, 0.1) is 0 Å². The number of carbonyl (C=O) groups is 1. The Labute approximate surface area is 127 Å². The summed E-state index contributed by atoms with van der Waals surface area (Å²) in [5.74, 6) is 0.357. The molecule has 1 heterocycles. The molecule has 0 spiro atoms. The lowest BCUT2D eigenvalue weighted by atomic mass is 10.0. The molecule has 0 unspecified atom stereocenters. The maximum atomic E-state index is 11.7. The molecule has 2 rings (SSSR count). The van der Waals surface area contributed by atoms with Crippen molar-refractivity contribution in [3.05, 3.63) is 57.8 Å². The van der Waals surface area contributed by atoms with Crippen molar-refractivity contribution in [1.29, 1.82) is 0 Å². The molecule has 0 aliphatic rings. The number of nitrogens with zero attached hydrogens (tertiary/aromatic N) is 1. The number of rotatable bonds is 6. The molecule has 0 aliphatic carbocycles. The predicted molar refractivity (Wildman–Crippen MR) is 81.1 cm³/mol. The van der Waals surface area contributed by atoms with Gasteiger partial charge in [-0.15, -0.1) is 0 Å². The Balaban J connectivity index is 2.11. The summed E-state index contributed by atoms with van der Waals surface area (Å²) in [5.41, 5.74) is 0.749. The highest BCUT2D eigenvalue weighted by atomic mass is 16.5. The van der Waals surface area contributed by atoms with Gasteiger partial charge in [0.05, 0.1) is 6.42 Å². The zero-order chi connectivity index (χ0) is 16.1. The van der Waals surface area contributed by atoms with Gasteiger partial charge in [-0.3, -0.25) is 9.59 Å². The second-order valence-electron chi connectivity index (χ2n) is 5.24. The van der Waals surface area contributed by atoms with Crippen LogP contribution in [0.1, 0.15) is 36.7 Å². The van der Waals surface area contributed by atoms with E-state index in [1.165, 1.54) is 6.20 Å². The van der Waals surface area contributed by atoms with E-state index >= 15 is 0 Å². The predicted octanol–water partition coefficient (Wildman–Crippen LogP) is 2.10. The van der Waals surface area contributed by atoms with Crippen LogP contribution in [0.5, 0.6) is 5.75 Å². The van der Waals surface area contributed by atoms with Crippen molar-refractivity contribution < 1.29 is 14.6 Å². The Hall–Kier alpha value is -2.63. The molecule has 0 fully saturated rings. The zero-order valence-electron chi connectivity index (χ0n) is 12.5. The van der Waals surface area contributed by atoms with Gasteiger partial charge in [0, 0.05) is 11.8 Å². The van der Waals surface area contributed by atoms with Gasteiger partial charge in [-0.1, -0.05) is 32.0 Å². The molecule has 1 aromatic heterocycles. The average Bonchev–Trinajstić information content (AvgIpc) is 2.47. The average molecular weight is 302 g/mol. The molecule has 6 nitrogen and oxygen atoms in total. The maximum Gasteiger partial charge on any atom is 0.308 e. The third-order valence-corrected chi connectivity index (χ3v) is 3.17. The molecule has 0 aliphatic heterocycles. The topological polar surface area (TPSA) is 92.3 Å². The van der Waals surface area contributed by atoms with Crippen LogP contribution in [0.15, 0.2) is 35.3 Å². The minimum Gasteiger partial charge on any atom is -0.485 e. The Morgan fingerprint density at radius 3 is 2.73 bits per heavy atom. The van der Waals surface area contributed by atoms with E-state index < -0.39 is 11.5 Å². The normalized spacial score (nSPS) is 10.7. The first-order chi connectivity index (χ1) is 10.5. The van der Waals surface area contributed by atoms with Crippen LogP contribution in [0.3, 0.4) is 0 Å². The maximum absolute atomic E-state index is 11.7. The number of carboxylic acids is 1. The van der Waals surface area contributed by atoms with E-state index in [1.54, 1.807) is 0 Å². The number of aromatic nitrogens is 2. The van der Waals surface area contributed by atoms with Gasteiger partial charge in [0.2, 0.25) is 0 Å². The van der Waals surface area contributed by atoms with Crippen molar-refractivity contribution in [2.45, 2.75) is 32.8 Å². The molecule has 2 N–H and O–H groups in total. The first kappa shape index (κ1) is 15.8. The minimum atomic E-state index is -1.07. The van der Waals surface area contributed by atoms with E-state index in [0.717, 1.165) is 11.3 Å². The molecule has 0 atom stereocenters. The van der Waals surface area contributed by atoms with E-state index in [9.17, 15) is 9.59 Å². The molecule has 0 bridgehead atoms. The number of ether oxygens (including phenoxy) is 1. The largest absolute Gasteiger partial charge is 0.485 e. The lowest BCUT2D eigenvalue weighted by Gasteiger charge is -2.13. The Kier molecular flexibility index (Phi) is 4.93. The van der Waals surface area contributed by atoms with Gasteiger partial charge in [0.1, 0.15) is 18.2 Å². The number of para-hydroxylation sites is 1. The molecule has 22 heavy (non-hydrogen) atoms. The highest BCUT2D eigenvalue weighted by Gasteiger charge is 2.09. The van der Waals surface area contributed by atoms with E-state index in [1.807, 2.05) is 24.3 Å². The molecule has 0 radical (unpaired) electrons. The molecular formula is C16H18N2O4. The van der Waals surface area contributed by atoms with Gasteiger partial charge < -0.3 is 14.8 Å². The smallest absolute Gasteiger partial charge is 0.308 e. The number of aromatic amines is 1. The summed E-state index contributed by atoms with van der Waals surface area (Å²) >= 11 is 0. The number of hydrogen-bond donors (Lipinski definition) is 2. The fraction of sp³-hybridized carbons (Fsp3) is 0.312. The standard InChI is InChI=1S/C16H18N2O4/c1-10(2)12-5-3-4-6-13(12)22-9-14-17-8-11(7-15(19)20)16(21)18-14/h3-6,8,10H,7,9H2,1-2H3,(H,19,20)(H,17,18,21). The van der Waals surface area contributed by atoms with Crippen LogP contribution in [0.4, 0.5) is 0 Å². The lowest BCUT2D eigenvalue weighted by Crippen LogP contribution is -2.19. The minimum absolute atomic E-state index is 0.117. The van der Waals surface area contributed by atoms with E-state index in [-0.39, 0.29) is 18.6 Å². The van der Waals surface area contributed by atoms with Crippen molar-refractivity contribution >= 4 is 5.97 Å². The number of aliphatic carboxylic acids is 1. The Bertz CT molecular complexity index is 722. The molecule has 0 amide bonds. The first-order valence-electron chi connectivity index (χ1n) is 6.98. The molecule has 0 saturated heterocycles. The van der Waals surface area contributed by atoms with Crippen molar-refractivity contribution in [1.82, 2.24) is 9.97 Å². The number of carboxylic acid groups (broad SMARTS) is 1. The first-order valence-corrected chi connectivity index (χ1v) is 6.98. The van der Waals surface area contributed by atoms with Gasteiger partial charge in [-0.05, 0) is 17.5 Å².